The maximum absolute atomic E-state index is 5.91. The van der Waals surface area contributed by atoms with E-state index in [2.05, 4.69) is 30.6 Å². The van der Waals surface area contributed by atoms with Crippen LogP contribution in [0.25, 0.3) is 0 Å². The molecule has 1 heterocycles. The average Bonchev–Trinajstić information content (AvgIpc) is 2.30. The van der Waals surface area contributed by atoms with E-state index in [0.29, 0.717) is 12.1 Å². The summed E-state index contributed by atoms with van der Waals surface area (Å²) in [5.41, 5.74) is 1.26. The molecular formula is C14H28N2O. The molecule has 1 N–H and O–H groups in total. The van der Waals surface area contributed by atoms with Gasteiger partial charge in [0.15, 0.2) is 0 Å². The Balaban J connectivity index is 2.41. The molecule has 0 spiro atoms. The predicted molar refractivity (Wildman–Crippen MR) is 73.4 cm³/mol. The fraction of sp³-hybridized carbons (Fsp3) is 0.857. The third kappa shape index (κ3) is 5.19. The molecule has 0 saturated carbocycles. The fourth-order valence-corrected chi connectivity index (χ4v) is 2.41. The SMILES string of the molecule is C=C(C)CCC(NC)C1CN(CCC)CCO1. The first-order chi connectivity index (χ1) is 8.17. The Morgan fingerprint density at radius 1 is 1.59 bits per heavy atom. The number of nitrogens with zero attached hydrogens (tertiary/aromatic N) is 1. The Labute approximate surface area is 106 Å². The molecule has 0 radical (unpaired) electrons. The summed E-state index contributed by atoms with van der Waals surface area (Å²) in [6, 6.07) is 0.450. The lowest BCUT2D eigenvalue weighted by Crippen LogP contribution is -2.51. The molecule has 0 aromatic rings. The zero-order valence-corrected chi connectivity index (χ0v) is 11.7. The topological polar surface area (TPSA) is 24.5 Å². The molecule has 3 nitrogen and oxygen atoms in total. The van der Waals surface area contributed by atoms with Gasteiger partial charge in [-0.05, 0) is 39.8 Å². The molecule has 3 heteroatoms. The minimum atomic E-state index is 0.333. The van der Waals surface area contributed by atoms with Crippen LogP contribution in [0.15, 0.2) is 12.2 Å². The molecule has 17 heavy (non-hydrogen) atoms. The average molecular weight is 240 g/mol. The van der Waals surface area contributed by atoms with Crippen LogP contribution < -0.4 is 5.32 Å². The van der Waals surface area contributed by atoms with Crippen LogP contribution in [0.2, 0.25) is 0 Å². The second kappa shape index (κ2) is 7.85. The quantitative estimate of drug-likeness (QED) is 0.689. The number of likely N-dealkylation sites (N-methyl/N-ethyl adjacent to an activating group) is 1. The Bertz CT molecular complexity index is 228. The van der Waals surface area contributed by atoms with Crippen molar-refractivity contribution in [2.75, 3.05) is 33.3 Å². The van der Waals surface area contributed by atoms with Crippen molar-refractivity contribution >= 4 is 0 Å². The Hall–Kier alpha value is -0.380. The Morgan fingerprint density at radius 2 is 2.35 bits per heavy atom. The van der Waals surface area contributed by atoms with E-state index in [-0.39, 0.29) is 0 Å². The smallest absolute Gasteiger partial charge is 0.0855 e. The van der Waals surface area contributed by atoms with Crippen molar-refractivity contribution in [3.05, 3.63) is 12.2 Å². The molecule has 2 atom stereocenters. The van der Waals surface area contributed by atoms with Crippen LogP contribution in [0.3, 0.4) is 0 Å². The minimum absolute atomic E-state index is 0.333. The van der Waals surface area contributed by atoms with Crippen LogP contribution in [0.4, 0.5) is 0 Å². The van der Waals surface area contributed by atoms with Crippen LogP contribution in [0.5, 0.6) is 0 Å². The van der Waals surface area contributed by atoms with Crippen molar-refractivity contribution in [3.8, 4) is 0 Å². The summed E-state index contributed by atoms with van der Waals surface area (Å²) >= 11 is 0. The van der Waals surface area contributed by atoms with E-state index < -0.39 is 0 Å². The van der Waals surface area contributed by atoms with Gasteiger partial charge in [0.2, 0.25) is 0 Å². The molecule has 2 unspecified atom stereocenters. The summed E-state index contributed by atoms with van der Waals surface area (Å²) in [7, 11) is 2.03. The third-order valence-electron chi connectivity index (χ3n) is 3.42. The van der Waals surface area contributed by atoms with Gasteiger partial charge in [-0.1, -0.05) is 12.5 Å². The lowest BCUT2D eigenvalue weighted by atomic mass is 10.0. The van der Waals surface area contributed by atoms with Crippen molar-refractivity contribution in [2.24, 2.45) is 0 Å². The minimum Gasteiger partial charge on any atom is -0.374 e. The van der Waals surface area contributed by atoms with Gasteiger partial charge < -0.3 is 10.1 Å². The van der Waals surface area contributed by atoms with E-state index in [1.54, 1.807) is 0 Å². The second-order valence-corrected chi connectivity index (χ2v) is 5.10. The normalized spacial score (nSPS) is 23.6. The van der Waals surface area contributed by atoms with E-state index in [0.717, 1.165) is 32.5 Å². The van der Waals surface area contributed by atoms with Crippen LogP contribution in [0.1, 0.15) is 33.1 Å². The van der Waals surface area contributed by atoms with E-state index >= 15 is 0 Å². The van der Waals surface area contributed by atoms with Gasteiger partial charge in [0.25, 0.3) is 0 Å². The molecule has 1 saturated heterocycles. The van der Waals surface area contributed by atoms with E-state index in [4.69, 9.17) is 4.74 Å². The standard InChI is InChI=1S/C14H28N2O/c1-5-8-16-9-10-17-14(11-16)13(15-4)7-6-12(2)3/h13-15H,2,5-11H2,1,3-4H3. The van der Waals surface area contributed by atoms with E-state index in [9.17, 15) is 0 Å². The highest BCUT2D eigenvalue weighted by Gasteiger charge is 2.26. The Morgan fingerprint density at radius 3 is 2.94 bits per heavy atom. The van der Waals surface area contributed by atoms with Crippen LogP contribution >= 0.6 is 0 Å². The summed E-state index contributed by atoms with van der Waals surface area (Å²) in [5.74, 6) is 0. The molecule has 100 valence electrons. The fourth-order valence-electron chi connectivity index (χ4n) is 2.41. The van der Waals surface area contributed by atoms with Gasteiger partial charge in [0.05, 0.1) is 12.7 Å². The molecule has 0 aliphatic carbocycles. The lowest BCUT2D eigenvalue weighted by Gasteiger charge is -2.37. The third-order valence-corrected chi connectivity index (χ3v) is 3.42. The number of hydrogen-bond donors (Lipinski definition) is 1. The number of allylic oxidation sites excluding steroid dienone is 1. The predicted octanol–water partition coefficient (Wildman–Crippen LogP) is 2.04. The molecule has 0 aromatic carbocycles. The highest BCUT2D eigenvalue weighted by molar-refractivity contribution is 4.91. The van der Waals surface area contributed by atoms with Gasteiger partial charge >= 0.3 is 0 Å². The zero-order valence-electron chi connectivity index (χ0n) is 11.7. The van der Waals surface area contributed by atoms with Crippen molar-refractivity contribution in [1.29, 1.82) is 0 Å². The van der Waals surface area contributed by atoms with Crippen LogP contribution in [-0.2, 0) is 4.74 Å². The summed E-state index contributed by atoms with van der Waals surface area (Å²) < 4.78 is 5.91. The molecule has 1 aliphatic rings. The van der Waals surface area contributed by atoms with E-state index in [1.807, 2.05) is 7.05 Å². The van der Waals surface area contributed by atoms with Gasteiger partial charge in [-0.3, -0.25) is 4.90 Å². The second-order valence-electron chi connectivity index (χ2n) is 5.10. The molecule has 0 bridgehead atoms. The van der Waals surface area contributed by atoms with E-state index in [1.165, 1.54) is 18.5 Å². The number of morpholine rings is 1. The summed E-state index contributed by atoms with van der Waals surface area (Å²) in [6.07, 6.45) is 3.76. The molecule has 1 fully saturated rings. The number of hydrogen-bond acceptors (Lipinski definition) is 3. The number of rotatable bonds is 7. The highest BCUT2D eigenvalue weighted by Crippen LogP contribution is 2.14. The molecule has 1 aliphatic heterocycles. The van der Waals surface area contributed by atoms with Gasteiger partial charge in [-0.2, -0.15) is 0 Å². The van der Waals surface area contributed by atoms with Crippen LogP contribution in [-0.4, -0.2) is 50.3 Å². The monoisotopic (exact) mass is 240 g/mol. The van der Waals surface area contributed by atoms with Crippen LogP contribution in [0, 0.1) is 0 Å². The first kappa shape index (κ1) is 14.7. The van der Waals surface area contributed by atoms with Gasteiger partial charge in [0.1, 0.15) is 0 Å². The Kier molecular flexibility index (Phi) is 6.78. The van der Waals surface area contributed by atoms with Crippen molar-refractivity contribution in [3.63, 3.8) is 0 Å². The molecule has 0 amide bonds. The molecule has 1 rings (SSSR count). The number of ether oxygens (including phenoxy) is 1. The van der Waals surface area contributed by atoms with Gasteiger partial charge in [0, 0.05) is 19.1 Å². The first-order valence-electron chi connectivity index (χ1n) is 6.83. The zero-order chi connectivity index (χ0) is 12.7. The van der Waals surface area contributed by atoms with Gasteiger partial charge in [-0.15, -0.1) is 6.58 Å². The summed E-state index contributed by atoms with van der Waals surface area (Å²) in [6.45, 7) is 12.5. The van der Waals surface area contributed by atoms with Crippen molar-refractivity contribution in [1.82, 2.24) is 10.2 Å². The maximum Gasteiger partial charge on any atom is 0.0855 e. The lowest BCUT2D eigenvalue weighted by molar-refractivity contribution is -0.0463. The molecule has 0 aromatic heterocycles. The number of nitrogens with one attached hydrogen (secondary N) is 1. The highest BCUT2D eigenvalue weighted by atomic mass is 16.5. The van der Waals surface area contributed by atoms with Crippen molar-refractivity contribution in [2.45, 2.75) is 45.3 Å². The van der Waals surface area contributed by atoms with Gasteiger partial charge in [-0.25, -0.2) is 0 Å². The first-order valence-corrected chi connectivity index (χ1v) is 6.83. The largest absolute Gasteiger partial charge is 0.374 e. The van der Waals surface area contributed by atoms with Crippen molar-refractivity contribution < 1.29 is 4.74 Å². The summed E-state index contributed by atoms with van der Waals surface area (Å²) in [5, 5.41) is 3.40. The summed E-state index contributed by atoms with van der Waals surface area (Å²) in [4.78, 5) is 2.51. The molecular weight excluding hydrogens is 212 g/mol. The maximum atomic E-state index is 5.91.